The lowest BCUT2D eigenvalue weighted by Crippen LogP contribution is -2.58. The zero-order valence-corrected chi connectivity index (χ0v) is 19.2. The van der Waals surface area contributed by atoms with E-state index < -0.39 is 23.8 Å². The Morgan fingerprint density at radius 1 is 0.861 bits per heavy atom. The molecule has 0 aliphatic carbocycles. The van der Waals surface area contributed by atoms with E-state index in [4.69, 9.17) is 0 Å². The van der Waals surface area contributed by atoms with Crippen molar-refractivity contribution in [2.45, 2.75) is 13.5 Å². The molecule has 0 bridgehead atoms. The second kappa shape index (κ2) is 9.03. The van der Waals surface area contributed by atoms with E-state index in [1.54, 1.807) is 72.8 Å². The Kier molecular flexibility index (Phi) is 5.73. The summed E-state index contributed by atoms with van der Waals surface area (Å²) in [6.45, 7) is 1.91. The molecule has 9 nitrogen and oxygen atoms in total. The molecule has 0 radical (unpaired) electrons. The highest BCUT2D eigenvalue weighted by Crippen LogP contribution is 2.27. The molecule has 2 aliphatic rings. The van der Waals surface area contributed by atoms with Gasteiger partial charge in [-0.05, 0) is 54.4 Å². The van der Waals surface area contributed by atoms with Crippen LogP contribution in [-0.4, -0.2) is 40.8 Å². The molecule has 2 heterocycles. The standard InChI is InChI=1S/C27H20N4O5/c1-16-11-12-18(13-17(16)15-30-24(33)20-9-5-6-10-21(20)25(30)34)28-14-22-23(32)29-27(36)31(26(22)35)19-7-3-2-4-8-19/h2-14,22H,15H2,1H3,(H,29,32,36). The number of nitrogens with zero attached hydrogens (tertiary/aromatic N) is 3. The predicted octanol–water partition coefficient (Wildman–Crippen LogP) is 3.39. The van der Waals surface area contributed by atoms with Gasteiger partial charge in [-0.3, -0.25) is 34.4 Å². The summed E-state index contributed by atoms with van der Waals surface area (Å²) < 4.78 is 0. The molecule has 9 heteroatoms. The average Bonchev–Trinajstić information content (AvgIpc) is 3.11. The van der Waals surface area contributed by atoms with Gasteiger partial charge in [-0.15, -0.1) is 0 Å². The van der Waals surface area contributed by atoms with E-state index in [1.165, 1.54) is 11.1 Å². The van der Waals surface area contributed by atoms with Crippen molar-refractivity contribution < 1.29 is 24.0 Å². The molecule has 36 heavy (non-hydrogen) atoms. The number of aliphatic imine (C=N–C) groups is 1. The molecule has 1 fully saturated rings. The van der Waals surface area contributed by atoms with Crippen LogP contribution >= 0.6 is 0 Å². The molecule has 3 aromatic carbocycles. The van der Waals surface area contributed by atoms with Crippen molar-refractivity contribution in [1.82, 2.24) is 10.2 Å². The molecule has 0 spiro atoms. The minimum atomic E-state index is -1.30. The van der Waals surface area contributed by atoms with Crippen LogP contribution in [0.1, 0.15) is 31.8 Å². The lowest BCUT2D eigenvalue weighted by Gasteiger charge is -2.28. The van der Waals surface area contributed by atoms with E-state index in [1.807, 2.05) is 6.92 Å². The van der Waals surface area contributed by atoms with Gasteiger partial charge in [0.05, 0.1) is 29.0 Å². The van der Waals surface area contributed by atoms with E-state index in [9.17, 15) is 24.0 Å². The molecular weight excluding hydrogens is 460 g/mol. The molecule has 1 atom stereocenters. The molecule has 0 saturated carbocycles. The van der Waals surface area contributed by atoms with Crippen molar-refractivity contribution in [3.05, 3.63) is 95.1 Å². The summed E-state index contributed by atoms with van der Waals surface area (Å²) >= 11 is 0. The number of anilines is 1. The highest BCUT2D eigenvalue weighted by Gasteiger charge is 2.40. The first-order valence-electron chi connectivity index (χ1n) is 11.2. The number of imide groups is 3. The van der Waals surface area contributed by atoms with Gasteiger partial charge in [0.2, 0.25) is 5.91 Å². The summed E-state index contributed by atoms with van der Waals surface area (Å²) in [4.78, 5) is 69.5. The van der Waals surface area contributed by atoms with Crippen LogP contribution in [0.15, 0.2) is 77.8 Å². The number of nitrogens with one attached hydrogen (secondary N) is 1. The van der Waals surface area contributed by atoms with Crippen molar-refractivity contribution in [1.29, 1.82) is 0 Å². The predicted molar refractivity (Wildman–Crippen MR) is 131 cm³/mol. The third-order valence-electron chi connectivity index (χ3n) is 6.13. The highest BCUT2D eigenvalue weighted by atomic mass is 16.2. The summed E-state index contributed by atoms with van der Waals surface area (Å²) in [5.41, 5.74) is 3.04. The number of benzene rings is 3. The Balaban J connectivity index is 1.38. The number of para-hydroxylation sites is 1. The summed E-state index contributed by atoms with van der Waals surface area (Å²) in [5, 5.41) is 2.19. The van der Waals surface area contributed by atoms with Gasteiger partial charge in [0.15, 0.2) is 5.92 Å². The molecule has 0 aromatic heterocycles. The first-order valence-corrected chi connectivity index (χ1v) is 11.2. The first-order chi connectivity index (χ1) is 17.3. The smallest absolute Gasteiger partial charge is 0.276 e. The first kappa shape index (κ1) is 22.9. The molecule has 1 saturated heterocycles. The third kappa shape index (κ3) is 3.96. The van der Waals surface area contributed by atoms with Crippen LogP contribution in [0.4, 0.5) is 16.2 Å². The zero-order chi connectivity index (χ0) is 25.4. The van der Waals surface area contributed by atoms with E-state index in [0.29, 0.717) is 28.1 Å². The number of barbiturate groups is 1. The monoisotopic (exact) mass is 480 g/mol. The maximum Gasteiger partial charge on any atom is 0.335 e. The van der Waals surface area contributed by atoms with Crippen molar-refractivity contribution in [3.63, 3.8) is 0 Å². The summed E-state index contributed by atoms with van der Waals surface area (Å²) in [6.07, 6.45) is 1.19. The summed E-state index contributed by atoms with van der Waals surface area (Å²) in [5.74, 6) is -3.50. The second-order valence-electron chi connectivity index (χ2n) is 8.41. The number of aryl methyl sites for hydroxylation is 1. The number of hydrogen-bond donors (Lipinski definition) is 1. The van der Waals surface area contributed by atoms with Crippen LogP contribution < -0.4 is 10.2 Å². The topological polar surface area (TPSA) is 116 Å². The van der Waals surface area contributed by atoms with E-state index in [0.717, 1.165) is 10.5 Å². The minimum Gasteiger partial charge on any atom is -0.276 e. The van der Waals surface area contributed by atoms with Gasteiger partial charge in [0.1, 0.15) is 0 Å². The van der Waals surface area contributed by atoms with Gasteiger partial charge >= 0.3 is 6.03 Å². The van der Waals surface area contributed by atoms with Crippen LogP contribution in [0, 0.1) is 12.8 Å². The Bertz CT molecular complexity index is 1430. The van der Waals surface area contributed by atoms with Crippen molar-refractivity contribution in [3.8, 4) is 0 Å². The van der Waals surface area contributed by atoms with Crippen LogP contribution in [-0.2, 0) is 16.1 Å². The maximum absolute atomic E-state index is 13.0. The fraction of sp³-hybridized carbons (Fsp3) is 0.111. The molecule has 5 rings (SSSR count). The van der Waals surface area contributed by atoms with Gasteiger partial charge in [-0.2, -0.15) is 0 Å². The third-order valence-corrected chi connectivity index (χ3v) is 6.13. The number of fused-ring (bicyclic) bond motifs is 1. The Hall–Kier alpha value is -4.92. The van der Waals surface area contributed by atoms with Crippen molar-refractivity contribution in [2.24, 2.45) is 10.9 Å². The number of hydrogen-bond acceptors (Lipinski definition) is 6. The van der Waals surface area contributed by atoms with E-state index >= 15 is 0 Å². The Morgan fingerprint density at radius 2 is 1.50 bits per heavy atom. The van der Waals surface area contributed by atoms with Crippen LogP contribution in [0.2, 0.25) is 0 Å². The van der Waals surface area contributed by atoms with Crippen molar-refractivity contribution in [2.75, 3.05) is 4.90 Å². The van der Waals surface area contributed by atoms with Gasteiger partial charge < -0.3 is 0 Å². The maximum atomic E-state index is 13.0. The zero-order valence-electron chi connectivity index (χ0n) is 19.2. The fourth-order valence-corrected chi connectivity index (χ4v) is 4.17. The number of carbonyl (C=O) groups is 5. The van der Waals surface area contributed by atoms with Crippen molar-refractivity contribution >= 4 is 47.2 Å². The largest absolute Gasteiger partial charge is 0.335 e. The molecule has 1 N–H and O–H groups in total. The molecule has 2 aliphatic heterocycles. The number of rotatable bonds is 5. The molecular formula is C27H20N4O5. The minimum absolute atomic E-state index is 0.0562. The van der Waals surface area contributed by atoms with Gasteiger partial charge in [-0.1, -0.05) is 36.4 Å². The summed E-state index contributed by atoms with van der Waals surface area (Å²) in [7, 11) is 0. The van der Waals surface area contributed by atoms with Gasteiger partial charge in [0.25, 0.3) is 17.7 Å². The lowest BCUT2D eigenvalue weighted by atomic mass is 10.1. The summed E-state index contributed by atoms with van der Waals surface area (Å²) in [6, 6.07) is 19.3. The van der Waals surface area contributed by atoms with Crippen LogP contribution in [0.5, 0.6) is 0 Å². The lowest BCUT2D eigenvalue weighted by molar-refractivity contribution is -0.131. The number of amides is 6. The average molecular weight is 480 g/mol. The van der Waals surface area contributed by atoms with Crippen LogP contribution in [0.25, 0.3) is 0 Å². The second-order valence-corrected chi connectivity index (χ2v) is 8.41. The molecule has 6 amide bonds. The fourth-order valence-electron chi connectivity index (χ4n) is 4.17. The van der Waals surface area contributed by atoms with Gasteiger partial charge in [-0.25, -0.2) is 9.69 Å². The highest BCUT2D eigenvalue weighted by molar-refractivity contribution is 6.32. The van der Waals surface area contributed by atoms with Gasteiger partial charge in [0, 0.05) is 6.21 Å². The van der Waals surface area contributed by atoms with Crippen LogP contribution in [0.3, 0.4) is 0 Å². The number of urea groups is 1. The Labute approximate surface area is 206 Å². The molecule has 1 unspecified atom stereocenters. The van der Waals surface area contributed by atoms with E-state index in [-0.39, 0.29) is 18.4 Å². The van der Waals surface area contributed by atoms with E-state index in [2.05, 4.69) is 10.3 Å². The normalized spacial score (nSPS) is 17.7. The molecule has 178 valence electrons. The number of carbonyl (C=O) groups excluding carboxylic acids is 5. The quantitative estimate of drug-likeness (QED) is 0.341. The molecule has 3 aromatic rings. The SMILES string of the molecule is Cc1ccc(N=CC2C(=O)NC(=O)N(c3ccccc3)C2=O)cc1CN1C(=O)c2ccccc2C1=O. The Morgan fingerprint density at radius 3 is 2.17 bits per heavy atom.